The maximum Gasteiger partial charge on any atom is 0.0589 e. The highest BCUT2D eigenvalue weighted by molar-refractivity contribution is 7.10. The first-order valence-corrected chi connectivity index (χ1v) is 6.35. The molecule has 1 N–H and O–H groups in total. The lowest BCUT2D eigenvalue weighted by atomic mass is 10.3. The van der Waals surface area contributed by atoms with Crippen molar-refractivity contribution in [2.45, 2.75) is 20.0 Å². The number of aromatic nitrogens is 1. The van der Waals surface area contributed by atoms with Crippen molar-refractivity contribution in [1.29, 1.82) is 0 Å². The smallest absolute Gasteiger partial charge is 0.0589 e. The van der Waals surface area contributed by atoms with Crippen molar-refractivity contribution in [3.05, 3.63) is 50.9 Å². The van der Waals surface area contributed by atoms with Gasteiger partial charge in [-0.1, -0.05) is 11.6 Å². The van der Waals surface area contributed by atoms with Crippen molar-refractivity contribution >= 4 is 22.9 Å². The molecule has 16 heavy (non-hydrogen) atoms. The first-order chi connectivity index (χ1) is 7.75. The summed E-state index contributed by atoms with van der Waals surface area (Å²) >= 11 is 7.55. The van der Waals surface area contributed by atoms with E-state index in [4.69, 9.17) is 11.6 Å². The summed E-state index contributed by atoms with van der Waals surface area (Å²) in [7, 11) is 0. The molecule has 0 fully saturated rings. The first-order valence-electron chi connectivity index (χ1n) is 5.10. The normalized spacial score (nSPS) is 10.6. The third kappa shape index (κ3) is 3.04. The molecule has 2 rings (SSSR count). The van der Waals surface area contributed by atoms with Gasteiger partial charge in [0, 0.05) is 24.2 Å². The van der Waals surface area contributed by atoms with Gasteiger partial charge in [0.1, 0.15) is 0 Å². The molecule has 0 radical (unpaired) electrons. The average molecular weight is 253 g/mol. The second-order valence-corrected chi connectivity index (χ2v) is 5.04. The van der Waals surface area contributed by atoms with E-state index >= 15 is 0 Å². The molecule has 2 heterocycles. The minimum atomic E-state index is 0.679. The number of pyridine rings is 1. The quantitative estimate of drug-likeness (QED) is 0.902. The summed E-state index contributed by atoms with van der Waals surface area (Å²) in [6, 6.07) is 5.95. The zero-order chi connectivity index (χ0) is 11.4. The van der Waals surface area contributed by atoms with Crippen LogP contribution in [0.1, 0.15) is 16.1 Å². The molecule has 0 aliphatic rings. The van der Waals surface area contributed by atoms with E-state index in [1.165, 1.54) is 10.4 Å². The predicted molar refractivity (Wildman–Crippen MR) is 68.8 cm³/mol. The van der Waals surface area contributed by atoms with Gasteiger partial charge in [0.05, 0.1) is 10.7 Å². The summed E-state index contributed by atoms with van der Waals surface area (Å²) in [4.78, 5) is 5.61. The summed E-state index contributed by atoms with van der Waals surface area (Å²) in [6.07, 6.45) is 1.68. The molecule has 4 heteroatoms. The molecule has 0 saturated carbocycles. The molecule has 0 spiro atoms. The van der Waals surface area contributed by atoms with E-state index in [0.29, 0.717) is 5.02 Å². The number of hydrogen-bond acceptors (Lipinski definition) is 3. The monoisotopic (exact) mass is 252 g/mol. The Kier molecular flexibility index (Phi) is 3.93. The Morgan fingerprint density at radius 2 is 2.19 bits per heavy atom. The maximum atomic E-state index is 5.77. The molecule has 0 aliphatic carbocycles. The summed E-state index contributed by atoms with van der Waals surface area (Å²) in [5.74, 6) is 0. The highest BCUT2D eigenvalue weighted by atomic mass is 35.5. The van der Waals surface area contributed by atoms with E-state index in [2.05, 4.69) is 28.7 Å². The summed E-state index contributed by atoms with van der Waals surface area (Å²) in [6.45, 7) is 3.80. The number of thiophene rings is 1. The molecule has 0 aromatic carbocycles. The van der Waals surface area contributed by atoms with E-state index in [1.54, 1.807) is 17.5 Å². The fourth-order valence-corrected chi connectivity index (χ4v) is 2.39. The Labute approximate surface area is 104 Å². The highest BCUT2D eigenvalue weighted by Crippen LogP contribution is 2.15. The van der Waals surface area contributed by atoms with Crippen molar-refractivity contribution in [1.82, 2.24) is 10.3 Å². The van der Waals surface area contributed by atoms with Gasteiger partial charge < -0.3 is 5.32 Å². The average Bonchev–Trinajstić information content (AvgIpc) is 2.68. The lowest BCUT2D eigenvalue weighted by Gasteiger charge is -2.03. The number of nitrogens with one attached hydrogen (secondary N) is 1. The van der Waals surface area contributed by atoms with Crippen molar-refractivity contribution in [2.24, 2.45) is 0 Å². The minimum absolute atomic E-state index is 0.679. The van der Waals surface area contributed by atoms with Gasteiger partial charge in [0.2, 0.25) is 0 Å². The van der Waals surface area contributed by atoms with Gasteiger partial charge in [-0.05, 0) is 36.1 Å². The van der Waals surface area contributed by atoms with E-state index in [9.17, 15) is 0 Å². The van der Waals surface area contributed by atoms with Crippen molar-refractivity contribution < 1.29 is 0 Å². The lowest BCUT2D eigenvalue weighted by Crippen LogP contribution is -2.13. The molecule has 2 nitrogen and oxygen atoms in total. The number of rotatable bonds is 4. The number of hydrogen-bond donors (Lipinski definition) is 1. The van der Waals surface area contributed by atoms with Gasteiger partial charge in [0.15, 0.2) is 0 Å². The Balaban J connectivity index is 1.84. The van der Waals surface area contributed by atoms with Crippen LogP contribution in [0.15, 0.2) is 29.8 Å². The third-order valence-corrected chi connectivity index (χ3v) is 3.60. The Morgan fingerprint density at radius 1 is 1.31 bits per heavy atom. The minimum Gasteiger partial charge on any atom is -0.306 e. The van der Waals surface area contributed by atoms with Crippen LogP contribution in [-0.4, -0.2) is 4.98 Å². The molecule has 2 aromatic rings. The standard InChI is InChI=1S/C12H13ClN2S/c1-9-4-5-16-12(9)8-14-7-11-3-2-10(13)6-15-11/h2-6,14H,7-8H2,1H3. The van der Waals surface area contributed by atoms with Crippen LogP contribution in [0.3, 0.4) is 0 Å². The maximum absolute atomic E-state index is 5.77. The van der Waals surface area contributed by atoms with Crippen LogP contribution in [-0.2, 0) is 13.1 Å². The summed E-state index contributed by atoms with van der Waals surface area (Å²) in [5.41, 5.74) is 2.36. The van der Waals surface area contributed by atoms with Gasteiger partial charge >= 0.3 is 0 Å². The molecule has 84 valence electrons. The molecule has 2 aromatic heterocycles. The molecular formula is C12H13ClN2S. The number of aryl methyl sites for hydroxylation is 1. The molecule has 0 unspecified atom stereocenters. The molecule has 0 saturated heterocycles. The largest absolute Gasteiger partial charge is 0.306 e. The highest BCUT2D eigenvalue weighted by Gasteiger charge is 1.99. The molecule has 0 aliphatic heterocycles. The SMILES string of the molecule is Cc1ccsc1CNCc1ccc(Cl)cn1. The first kappa shape index (κ1) is 11.6. The van der Waals surface area contributed by atoms with Crippen LogP contribution >= 0.6 is 22.9 Å². The van der Waals surface area contributed by atoms with Crippen LogP contribution in [0.2, 0.25) is 5.02 Å². The second kappa shape index (κ2) is 5.43. The van der Waals surface area contributed by atoms with Crippen molar-refractivity contribution in [2.75, 3.05) is 0 Å². The van der Waals surface area contributed by atoms with Crippen molar-refractivity contribution in [3.63, 3.8) is 0 Å². The predicted octanol–water partition coefficient (Wildman–Crippen LogP) is 3.39. The van der Waals surface area contributed by atoms with Crippen LogP contribution in [0.25, 0.3) is 0 Å². The summed E-state index contributed by atoms with van der Waals surface area (Å²) < 4.78 is 0. The van der Waals surface area contributed by atoms with Crippen LogP contribution in [0.5, 0.6) is 0 Å². The third-order valence-electron chi connectivity index (χ3n) is 2.35. The number of halogens is 1. The second-order valence-electron chi connectivity index (χ2n) is 3.60. The number of nitrogens with zero attached hydrogens (tertiary/aromatic N) is 1. The Bertz CT molecular complexity index is 450. The van der Waals surface area contributed by atoms with Crippen molar-refractivity contribution in [3.8, 4) is 0 Å². The van der Waals surface area contributed by atoms with E-state index in [1.807, 2.05) is 12.1 Å². The fourth-order valence-electron chi connectivity index (χ4n) is 1.40. The van der Waals surface area contributed by atoms with E-state index < -0.39 is 0 Å². The molecule has 0 bridgehead atoms. The van der Waals surface area contributed by atoms with Gasteiger partial charge in [0.25, 0.3) is 0 Å². The zero-order valence-electron chi connectivity index (χ0n) is 9.03. The van der Waals surface area contributed by atoms with Gasteiger partial charge in [-0.15, -0.1) is 11.3 Å². The van der Waals surface area contributed by atoms with Crippen LogP contribution in [0, 0.1) is 6.92 Å². The van der Waals surface area contributed by atoms with E-state index in [-0.39, 0.29) is 0 Å². The fraction of sp³-hybridized carbons (Fsp3) is 0.250. The topological polar surface area (TPSA) is 24.9 Å². The molecule has 0 amide bonds. The van der Waals surface area contributed by atoms with Crippen LogP contribution < -0.4 is 5.32 Å². The Morgan fingerprint density at radius 3 is 2.81 bits per heavy atom. The van der Waals surface area contributed by atoms with Gasteiger partial charge in [-0.25, -0.2) is 0 Å². The zero-order valence-corrected chi connectivity index (χ0v) is 10.6. The molecular weight excluding hydrogens is 240 g/mol. The lowest BCUT2D eigenvalue weighted by molar-refractivity contribution is 0.684. The van der Waals surface area contributed by atoms with Gasteiger partial charge in [-0.2, -0.15) is 0 Å². The summed E-state index contributed by atoms with van der Waals surface area (Å²) in [5, 5.41) is 6.17. The Hall–Kier alpha value is -0.900. The van der Waals surface area contributed by atoms with Crippen LogP contribution in [0.4, 0.5) is 0 Å². The molecule has 0 atom stereocenters. The van der Waals surface area contributed by atoms with Gasteiger partial charge in [-0.3, -0.25) is 4.98 Å². The van der Waals surface area contributed by atoms with E-state index in [0.717, 1.165) is 18.8 Å².